The van der Waals surface area contributed by atoms with Crippen LogP contribution in [0.5, 0.6) is 0 Å². The van der Waals surface area contributed by atoms with Gasteiger partial charge in [0.2, 0.25) is 5.91 Å². The molecule has 1 aliphatic rings. The zero-order valence-electron chi connectivity index (χ0n) is 41.4. The topological polar surface area (TPSA) is 169 Å². The summed E-state index contributed by atoms with van der Waals surface area (Å²) in [5.41, 5.74) is 0. The molecule has 10 nitrogen and oxygen atoms in total. The van der Waals surface area contributed by atoms with E-state index in [4.69, 9.17) is 9.47 Å². The Morgan fingerprint density at radius 3 is 1.36 bits per heavy atom. The molecule has 1 aliphatic heterocycles. The Bertz CT molecular complexity index is 1070. The van der Waals surface area contributed by atoms with E-state index in [0.717, 1.165) is 38.5 Å². The summed E-state index contributed by atoms with van der Waals surface area (Å²) < 4.78 is 11.2. The van der Waals surface area contributed by atoms with Gasteiger partial charge in [-0.2, -0.15) is 0 Å². The molecule has 64 heavy (non-hydrogen) atoms. The highest BCUT2D eigenvalue weighted by Crippen LogP contribution is 2.23. The lowest BCUT2D eigenvalue weighted by Crippen LogP contribution is -2.60. The number of carbonyl (C=O) groups excluding carboxylic acids is 1. The summed E-state index contributed by atoms with van der Waals surface area (Å²) in [6.07, 6.45) is 44.2. The van der Waals surface area contributed by atoms with Gasteiger partial charge in [-0.15, -0.1) is 0 Å². The molecule has 0 aromatic rings. The van der Waals surface area contributed by atoms with Crippen molar-refractivity contribution in [3.8, 4) is 0 Å². The van der Waals surface area contributed by atoms with Crippen LogP contribution >= 0.6 is 0 Å². The number of rotatable bonds is 46. The molecule has 1 fully saturated rings. The van der Waals surface area contributed by atoms with Crippen LogP contribution < -0.4 is 5.32 Å². The third-order valence-corrected chi connectivity index (χ3v) is 13.1. The zero-order valence-corrected chi connectivity index (χ0v) is 41.4. The fourth-order valence-electron chi connectivity index (χ4n) is 8.71. The van der Waals surface area contributed by atoms with Crippen molar-refractivity contribution in [2.24, 2.45) is 0 Å². The summed E-state index contributed by atoms with van der Waals surface area (Å²) in [6, 6.07) is -0.993. The third-order valence-electron chi connectivity index (χ3n) is 13.1. The predicted molar refractivity (Wildman–Crippen MR) is 264 cm³/mol. The Labute approximate surface area is 392 Å². The number of allylic oxidation sites excluding steroid dienone is 3. The molecular weight excluding hydrogens is 807 g/mol. The van der Waals surface area contributed by atoms with Gasteiger partial charge in [0, 0.05) is 0 Å². The number of aliphatic hydroxyl groups is 6. The van der Waals surface area contributed by atoms with Gasteiger partial charge in [0.15, 0.2) is 6.29 Å². The van der Waals surface area contributed by atoms with Gasteiger partial charge in [0.05, 0.1) is 25.4 Å². The van der Waals surface area contributed by atoms with Gasteiger partial charge in [-0.3, -0.25) is 4.79 Å². The molecule has 0 aliphatic carbocycles. The van der Waals surface area contributed by atoms with Crippen molar-refractivity contribution in [2.75, 3.05) is 13.2 Å². The van der Waals surface area contributed by atoms with E-state index in [1.54, 1.807) is 6.08 Å². The lowest BCUT2D eigenvalue weighted by Gasteiger charge is -2.40. The van der Waals surface area contributed by atoms with Crippen LogP contribution in [0.3, 0.4) is 0 Å². The maximum absolute atomic E-state index is 13.1. The number of amides is 1. The van der Waals surface area contributed by atoms with Gasteiger partial charge >= 0.3 is 0 Å². The number of carbonyl (C=O) groups is 1. The first kappa shape index (κ1) is 60.6. The molecule has 1 heterocycles. The van der Waals surface area contributed by atoms with Crippen LogP contribution in [0.2, 0.25) is 0 Å². The first-order valence-electron chi connectivity index (χ1n) is 27.2. The number of hydrogen-bond acceptors (Lipinski definition) is 9. The summed E-state index contributed by atoms with van der Waals surface area (Å²) in [5.74, 6) is -0.622. The molecule has 8 unspecified atom stereocenters. The summed E-state index contributed by atoms with van der Waals surface area (Å²) >= 11 is 0. The van der Waals surface area contributed by atoms with Gasteiger partial charge in [-0.05, 0) is 32.1 Å². The molecule has 0 aromatic carbocycles. The van der Waals surface area contributed by atoms with Crippen molar-refractivity contribution in [1.29, 1.82) is 0 Å². The van der Waals surface area contributed by atoms with Crippen LogP contribution in [0.15, 0.2) is 24.3 Å². The van der Waals surface area contributed by atoms with Crippen LogP contribution in [-0.2, 0) is 14.3 Å². The fraction of sp³-hybridized carbons (Fsp3) is 0.907. The van der Waals surface area contributed by atoms with Gasteiger partial charge in [-0.25, -0.2) is 0 Å². The van der Waals surface area contributed by atoms with E-state index in [0.29, 0.717) is 12.8 Å². The van der Waals surface area contributed by atoms with E-state index in [1.807, 2.05) is 6.08 Å². The average Bonchev–Trinajstić information content (AvgIpc) is 3.29. The van der Waals surface area contributed by atoms with E-state index >= 15 is 0 Å². The third kappa shape index (κ3) is 33.2. The highest BCUT2D eigenvalue weighted by atomic mass is 16.7. The van der Waals surface area contributed by atoms with Crippen LogP contribution in [0, 0.1) is 0 Å². The molecular formula is C54H103NO9. The molecule has 0 radical (unpaired) electrons. The van der Waals surface area contributed by atoms with E-state index < -0.39 is 61.5 Å². The molecule has 1 rings (SSSR count). The summed E-state index contributed by atoms with van der Waals surface area (Å²) in [7, 11) is 0. The molecule has 8 atom stereocenters. The van der Waals surface area contributed by atoms with Crippen molar-refractivity contribution in [1.82, 2.24) is 5.32 Å². The van der Waals surface area contributed by atoms with E-state index in [9.17, 15) is 35.4 Å². The highest BCUT2D eigenvalue weighted by molar-refractivity contribution is 5.80. The Morgan fingerprint density at radius 1 is 0.531 bits per heavy atom. The standard InChI is InChI=1S/C54H103NO9/c1-3-5-7-9-11-13-15-17-19-21-22-23-24-25-26-27-29-31-33-35-37-39-41-43-48(58)53(62)55-46(45-63-54-52(61)51(60)50(59)49(44-56)64-54)47(57)42-40-38-36-34-32-30-28-20-18-16-14-12-10-8-6-4-2/h32,34,40,42,46-52,54,56-61H,3-31,33,35-39,41,43-45H2,1-2H3,(H,55,62)/b34-32+,42-40+. The largest absolute Gasteiger partial charge is 0.394 e. The maximum Gasteiger partial charge on any atom is 0.249 e. The van der Waals surface area contributed by atoms with E-state index in [2.05, 4.69) is 31.3 Å². The predicted octanol–water partition coefficient (Wildman–Crippen LogP) is 11.6. The van der Waals surface area contributed by atoms with Gasteiger partial charge in [0.25, 0.3) is 0 Å². The van der Waals surface area contributed by atoms with Crippen molar-refractivity contribution in [3.05, 3.63) is 24.3 Å². The normalized spacial score (nSPS) is 20.7. The summed E-state index contributed by atoms with van der Waals surface area (Å²) in [4.78, 5) is 13.1. The second-order valence-corrected chi connectivity index (χ2v) is 19.2. The zero-order chi connectivity index (χ0) is 46.7. The smallest absolute Gasteiger partial charge is 0.249 e. The Balaban J connectivity index is 2.30. The fourth-order valence-corrected chi connectivity index (χ4v) is 8.71. The molecule has 1 saturated heterocycles. The molecule has 1 amide bonds. The van der Waals surface area contributed by atoms with Gasteiger partial charge < -0.3 is 45.4 Å². The molecule has 7 N–H and O–H groups in total. The van der Waals surface area contributed by atoms with E-state index in [-0.39, 0.29) is 6.61 Å². The van der Waals surface area contributed by atoms with Crippen molar-refractivity contribution in [3.63, 3.8) is 0 Å². The van der Waals surface area contributed by atoms with Crippen molar-refractivity contribution < 1.29 is 44.9 Å². The summed E-state index contributed by atoms with van der Waals surface area (Å²) in [6.45, 7) is 3.62. The number of unbranched alkanes of at least 4 members (excludes halogenated alkanes) is 33. The quantitative estimate of drug-likeness (QED) is 0.0232. The second kappa shape index (κ2) is 44.2. The Hall–Kier alpha value is -1.37. The second-order valence-electron chi connectivity index (χ2n) is 19.2. The maximum atomic E-state index is 13.1. The first-order valence-corrected chi connectivity index (χ1v) is 27.2. The van der Waals surface area contributed by atoms with Crippen molar-refractivity contribution >= 4 is 5.91 Å². The van der Waals surface area contributed by atoms with Crippen LogP contribution in [0.25, 0.3) is 0 Å². The van der Waals surface area contributed by atoms with Gasteiger partial charge in [-0.1, -0.05) is 244 Å². The van der Waals surface area contributed by atoms with Crippen LogP contribution in [0.1, 0.15) is 251 Å². The minimum absolute atomic E-state index is 0.308. The first-order chi connectivity index (χ1) is 31.3. The monoisotopic (exact) mass is 910 g/mol. The SMILES string of the molecule is CCCCCCCCCCCC/C=C/CC/C=C/C(O)C(COC1OC(CO)C(O)C(O)C1O)NC(=O)C(O)CCCCCCCCCCCCCCCCCCCCCCCCC. The van der Waals surface area contributed by atoms with Crippen LogP contribution in [0.4, 0.5) is 0 Å². The van der Waals surface area contributed by atoms with E-state index in [1.165, 1.54) is 186 Å². The minimum Gasteiger partial charge on any atom is -0.394 e. The molecule has 0 saturated carbocycles. The molecule has 10 heteroatoms. The molecule has 0 bridgehead atoms. The van der Waals surface area contributed by atoms with Gasteiger partial charge in [0.1, 0.15) is 30.5 Å². The minimum atomic E-state index is -1.61. The van der Waals surface area contributed by atoms with Crippen molar-refractivity contribution in [2.45, 2.75) is 300 Å². The average molecular weight is 910 g/mol. The lowest BCUT2D eigenvalue weighted by molar-refractivity contribution is -0.302. The lowest BCUT2D eigenvalue weighted by atomic mass is 9.99. The molecule has 0 aromatic heterocycles. The Kier molecular flexibility index (Phi) is 41.8. The summed E-state index contributed by atoms with van der Waals surface area (Å²) in [5, 5.41) is 64.9. The highest BCUT2D eigenvalue weighted by Gasteiger charge is 2.44. The number of ether oxygens (including phenoxy) is 2. The molecule has 378 valence electrons. The Morgan fingerprint density at radius 2 is 0.922 bits per heavy atom. The van der Waals surface area contributed by atoms with Crippen LogP contribution in [-0.4, -0.2) is 98.7 Å². The number of hydrogen-bond donors (Lipinski definition) is 7. The number of nitrogens with one attached hydrogen (secondary N) is 1. The molecule has 0 spiro atoms. The number of aliphatic hydroxyl groups excluding tert-OH is 6.